The largest absolute Gasteiger partial charge is 0.481 e. The highest BCUT2D eigenvalue weighted by Gasteiger charge is 2.19. The zero-order valence-corrected chi connectivity index (χ0v) is 11.2. The Morgan fingerprint density at radius 3 is 2.56 bits per heavy atom. The maximum Gasteiger partial charge on any atom is 0.261 e. The van der Waals surface area contributed by atoms with E-state index in [0.717, 1.165) is 0 Å². The monoisotopic (exact) mass is 251 g/mol. The lowest BCUT2D eigenvalue weighted by atomic mass is 10.2. The van der Waals surface area contributed by atoms with Crippen LogP contribution in [0.15, 0.2) is 30.3 Å². The molecule has 1 N–H and O–H groups in total. The molecular formula is C14H21NO3. The molecule has 1 rings (SSSR count). The zero-order valence-electron chi connectivity index (χ0n) is 11.2. The first-order valence-corrected chi connectivity index (χ1v) is 6.18. The quantitative estimate of drug-likeness (QED) is 0.806. The normalized spacial score (nSPS) is 13.7. The van der Waals surface area contributed by atoms with E-state index in [4.69, 9.17) is 9.47 Å². The molecule has 0 aliphatic rings. The third-order valence-corrected chi connectivity index (χ3v) is 2.49. The molecule has 100 valence electrons. The van der Waals surface area contributed by atoms with Gasteiger partial charge in [0.2, 0.25) is 0 Å². The molecule has 0 saturated heterocycles. The Morgan fingerprint density at radius 1 is 1.33 bits per heavy atom. The Labute approximate surface area is 108 Å². The Bertz CT molecular complexity index is 353. The summed E-state index contributed by atoms with van der Waals surface area (Å²) in [5, 5.41) is 2.86. The zero-order chi connectivity index (χ0) is 13.4. The molecule has 0 aliphatic heterocycles. The highest BCUT2D eigenvalue weighted by atomic mass is 16.5. The van der Waals surface area contributed by atoms with Crippen molar-refractivity contribution in [3.8, 4) is 5.75 Å². The van der Waals surface area contributed by atoms with Crippen molar-refractivity contribution in [3.63, 3.8) is 0 Å². The summed E-state index contributed by atoms with van der Waals surface area (Å²) < 4.78 is 10.6. The van der Waals surface area contributed by atoms with Gasteiger partial charge < -0.3 is 14.8 Å². The van der Waals surface area contributed by atoms with E-state index in [9.17, 15) is 4.79 Å². The van der Waals surface area contributed by atoms with Crippen molar-refractivity contribution in [3.05, 3.63) is 30.3 Å². The fourth-order valence-corrected chi connectivity index (χ4v) is 1.61. The summed E-state index contributed by atoms with van der Waals surface area (Å²) >= 11 is 0. The van der Waals surface area contributed by atoms with Gasteiger partial charge in [-0.3, -0.25) is 4.79 Å². The Hall–Kier alpha value is -1.55. The van der Waals surface area contributed by atoms with Gasteiger partial charge in [-0.05, 0) is 25.5 Å². The third kappa shape index (κ3) is 4.75. The molecule has 0 saturated carbocycles. The van der Waals surface area contributed by atoms with Crippen LogP contribution in [0, 0.1) is 0 Å². The standard InChI is InChI=1S/C14H21NO3/c1-4-13(14(16)15-11(2)10-17-3)18-12-8-6-5-7-9-12/h5-9,11,13H,4,10H2,1-3H3,(H,15,16)/t11-,13-/m1/s1. The minimum absolute atomic E-state index is 0.0177. The number of rotatable bonds is 7. The molecule has 0 heterocycles. The molecule has 0 unspecified atom stereocenters. The number of nitrogens with one attached hydrogen (secondary N) is 1. The minimum Gasteiger partial charge on any atom is -0.481 e. The van der Waals surface area contributed by atoms with Crippen molar-refractivity contribution in [2.75, 3.05) is 13.7 Å². The van der Waals surface area contributed by atoms with Crippen LogP contribution in [-0.2, 0) is 9.53 Å². The second-order valence-electron chi connectivity index (χ2n) is 4.19. The molecular weight excluding hydrogens is 230 g/mol. The van der Waals surface area contributed by atoms with Crippen molar-refractivity contribution in [2.24, 2.45) is 0 Å². The Balaban J connectivity index is 2.52. The second-order valence-corrected chi connectivity index (χ2v) is 4.19. The topological polar surface area (TPSA) is 47.6 Å². The summed E-state index contributed by atoms with van der Waals surface area (Å²) in [6, 6.07) is 9.34. The summed E-state index contributed by atoms with van der Waals surface area (Å²) in [6.45, 7) is 4.32. The van der Waals surface area contributed by atoms with Gasteiger partial charge in [-0.25, -0.2) is 0 Å². The number of carbonyl (C=O) groups is 1. The van der Waals surface area contributed by atoms with E-state index in [1.54, 1.807) is 7.11 Å². The summed E-state index contributed by atoms with van der Waals surface area (Å²) in [6.07, 6.45) is 0.159. The van der Waals surface area contributed by atoms with E-state index >= 15 is 0 Å². The first-order chi connectivity index (χ1) is 8.67. The van der Waals surface area contributed by atoms with Gasteiger partial charge in [0.05, 0.1) is 6.61 Å². The van der Waals surface area contributed by atoms with E-state index in [1.807, 2.05) is 44.2 Å². The lowest BCUT2D eigenvalue weighted by molar-refractivity contribution is -0.129. The molecule has 4 nitrogen and oxygen atoms in total. The van der Waals surface area contributed by atoms with Crippen molar-refractivity contribution >= 4 is 5.91 Å². The molecule has 1 amide bonds. The number of para-hydroxylation sites is 1. The van der Waals surface area contributed by atoms with E-state index in [-0.39, 0.29) is 11.9 Å². The van der Waals surface area contributed by atoms with Crippen LogP contribution in [0.4, 0.5) is 0 Å². The first kappa shape index (κ1) is 14.5. The van der Waals surface area contributed by atoms with Gasteiger partial charge in [-0.2, -0.15) is 0 Å². The molecule has 0 bridgehead atoms. The molecule has 1 aromatic rings. The predicted octanol–water partition coefficient (Wildman–Crippen LogP) is 2.00. The van der Waals surface area contributed by atoms with Gasteiger partial charge in [0.25, 0.3) is 5.91 Å². The smallest absolute Gasteiger partial charge is 0.261 e. The number of hydrogen-bond acceptors (Lipinski definition) is 3. The molecule has 0 fully saturated rings. The van der Waals surface area contributed by atoms with Crippen LogP contribution in [0.3, 0.4) is 0 Å². The molecule has 4 heteroatoms. The van der Waals surface area contributed by atoms with Crippen molar-refractivity contribution in [1.82, 2.24) is 5.32 Å². The number of methoxy groups -OCH3 is 1. The van der Waals surface area contributed by atoms with Crippen LogP contribution in [0.1, 0.15) is 20.3 Å². The first-order valence-electron chi connectivity index (χ1n) is 6.18. The van der Waals surface area contributed by atoms with Gasteiger partial charge >= 0.3 is 0 Å². The van der Waals surface area contributed by atoms with Crippen molar-refractivity contribution < 1.29 is 14.3 Å². The predicted molar refractivity (Wildman–Crippen MR) is 70.6 cm³/mol. The molecule has 0 aromatic heterocycles. The van der Waals surface area contributed by atoms with Gasteiger partial charge in [0.1, 0.15) is 5.75 Å². The summed E-state index contributed by atoms with van der Waals surface area (Å²) in [4.78, 5) is 12.0. The maximum atomic E-state index is 12.0. The molecule has 2 atom stereocenters. The van der Waals surface area contributed by atoms with Crippen molar-refractivity contribution in [2.45, 2.75) is 32.4 Å². The number of hydrogen-bond donors (Lipinski definition) is 1. The lowest BCUT2D eigenvalue weighted by Crippen LogP contribution is -2.44. The van der Waals surface area contributed by atoms with Gasteiger partial charge in [0.15, 0.2) is 6.10 Å². The third-order valence-electron chi connectivity index (χ3n) is 2.49. The van der Waals surface area contributed by atoms with Gasteiger partial charge in [-0.15, -0.1) is 0 Å². The van der Waals surface area contributed by atoms with Gasteiger partial charge in [0, 0.05) is 13.2 Å². The van der Waals surface area contributed by atoms with E-state index in [0.29, 0.717) is 18.8 Å². The SMILES string of the molecule is CC[C@@H](Oc1ccccc1)C(=O)N[C@H](C)COC. The highest BCUT2D eigenvalue weighted by molar-refractivity contribution is 5.81. The summed E-state index contributed by atoms with van der Waals surface area (Å²) in [5.74, 6) is 0.602. The van der Waals surface area contributed by atoms with Crippen LogP contribution >= 0.6 is 0 Å². The Morgan fingerprint density at radius 2 is 2.00 bits per heavy atom. The average molecular weight is 251 g/mol. The maximum absolute atomic E-state index is 12.0. The average Bonchev–Trinajstić information content (AvgIpc) is 2.37. The number of benzene rings is 1. The van der Waals surface area contributed by atoms with E-state index in [1.165, 1.54) is 0 Å². The van der Waals surface area contributed by atoms with E-state index in [2.05, 4.69) is 5.32 Å². The fraction of sp³-hybridized carbons (Fsp3) is 0.500. The summed E-state index contributed by atoms with van der Waals surface area (Å²) in [7, 11) is 1.61. The van der Waals surface area contributed by atoms with Gasteiger partial charge in [-0.1, -0.05) is 25.1 Å². The highest BCUT2D eigenvalue weighted by Crippen LogP contribution is 2.12. The van der Waals surface area contributed by atoms with Crippen LogP contribution in [0.2, 0.25) is 0 Å². The van der Waals surface area contributed by atoms with Crippen LogP contribution in [0.25, 0.3) is 0 Å². The van der Waals surface area contributed by atoms with E-state index < -0.39 is 6.10 Å². The molecule has 0 aliphatic carbocycles. The molecule has 0 spiro atoms. The molecule has 18 heavy (non-hydrogen) atoms. The number of amides is 1. The molecule has 0 radical (unpaired) electrons. The lowest BCUT2D eigenvalue weighted by Gasteiger charge is -2.20. The molecule has 1 aromatic carbocycles. The van der Waals surface area contributed by atoms with Crippen LogP contribution in [-0.4, -0.2) is 31.8 Å². The van der Waals surface area contributed by atoms with Crippen molar-refractivity contribution in [1.29, 1.82) is 0 Å². The number of ether oxygens (including phenoxy) is 2. The van der Waals surface area contributed by atoms with Crippen LogP contribution in [0.5, 0.6) is 5.75 Å². The van der Waals surface area contributed by atoms with Crippen LogP contribution < -0.4 is 10.1 Å². The number of carbonyl (C=O) groups excluding carboxylic acids is 1. The Kier molecular flexibility index (Phi) is 6.22. The minimum atomic E-state index is -0.466. The summed E-state index contributed by atoms with van der Waals surface area (Å²) in [5.41, 5.74) is 0. The fourth-order valence-electron chi connectivity index (χ4n) is 1.61. The second kappa shape index (κ2) is 7.71.